The summed E-state index contributed by atoms with van der Waals surface area (Å²) < 4.78 is 15.6. The molecule has 0 fully saturated rings. The van der Waals surface area contributed by atoms with Gasteiger partial charge in [0.05, 0.1) is 21.3 Å². The Balaban J connectivity index is 3.26. The van der Waals surface area contributed by atoms with E-state index < -0.39 is 0 Å². The minimum Gasteiger partial charge on any atom is -0.493 e. The number of methoxy groups -OCH3 is 3. The Hall–Kier alpha value is -2.24. The molecule has 0 spiro atoms. The molecule has 0 saturated heterocycles. The van der Waals surface area contributed by atoms with E-state index in [0.717, 1.165) is 0 Å². The fourth-order valence-corrected chi connectivity index (χ4v) is 1.52. The fourth-order valence-electron chi connectivity index (χ4n) is 1.52. The first-order valence-electron chi connectivity index (χ1n) is 6.01. The van der Waals surface area contributed by atoms with Crippen LogP contribution in [0.5, 0.6) is 17.2 Å². The number of benzene rings is 1. The summed E-state index contributed by atoms with van der Waals surface area (Å²) in [5.41, 5.74) is 0.376. The second-order valence-electron chi connectivity index (χ2n) is 4.27. The zero-order valence-electron chi connectivity index (χ0n) is 12.7. The highest BCUT2D eigenvalue weighted by Gasteiger charge is 2.16. The maximum atomic E-state index is 12.1. The topological polar surface area (TPSA) is 60.4 Å². The van der Waals surface area contributed by atoms with Gasteiger partial charge in [0.15, 0.2) is 11.5 Å². The van der Waals surface area contributed by atoms with Crippen molar-refractivity contribution in [3.63, 3.8) is 0 Å². The van der Waals surface area contributed by atoms with Crippen LogP contribution in [0.3, 0.4) is 0 Å². The van der Waals surface area contributed by atoms with Crippen molar-refractivity contribution in [2.45, 2.75) is 6.92 Å². The number of carbonyl (C=O) groups excluding carboxylic acids is 1. The molecule has 1 aromatic rings. The lowest BCUT2D eigenvalue weighted by Crippen LogP contribution is -2.19. The molecule has 0 heterocycles. The average molecular weight is 280 g/mol. The van der Waals surface area contributed by atoms with E-state index in [0.29, 0.717) is 28.6 Å². The molecule has 6 heteroatoms. The lowest BCUT2D eigenvalue weighted by Gasteiger charge is -2.14. The van der Waals surface area contributed by atoms with Crippen molar-refractivity contribution in [1.29, 1.82) is 0 Å². The Morgan fingerprint density at radius 1 is 1.05 bits per heavy atom. The first-order chi connectivity index (χ1) is 9.44. The van der Waals surface area contributed by atoms with E-state index >= 15 is 0 Å². The Morgan fingerprint density at radius 2 is 1.55 bits per heavy atom. The SMILES string of the molecule is COc1cc(C(=O)/N=C(\C)N(C)C)cc(OC)c1OC. The Kier molecular flexibility index (Phi) is 5.37. The normalized spacial score (nSPS) is 11.0. The number of ether oxygens (including phenoxy) is 3. The number of nitrogens with zero attached hydrogens (tertiary/aromatic N) is 2. The molecular weight excluding hydrogens is 260 g/mol. The molecule has 0 radical (unpaired) electrons. The lowest BCUT2D eigenvalue weighted by atomic mass is 10.1. The third-order valence-electron chi connectivity index (χ3n) is 2.82. The van der Waals surface area contributed by atoms with Gasteiger partial charge in [-0.05, 0) is 19.1 Å². The Bertz CT molecular complexity index is 499. The number of amidine groups is 1. The van der Waals surface area contributed by atoms with Crippen LogP contribution >= 0.6 is 0 Å². The summed E-state index contributed by atoms with van der Waals surface area (Å²) in [6.45, 7) is 1.76. The van der Waals surface area contributed by atoms with E-state index in [-0.39, 0.29) is 5.91 Å². The van der Waals surface area contributed by atoms with Crippen molar-refractivity contribution in [2.24, 2.45) is 4.99 Å². The maximum Gasteiger partial charge on any atom is 0.278 e. The molecule has 0 N–H and O–H groups in total. The summed E-state index contributed by atoms with van der Waals surface area (Å²) >= 11 is 0. The van der Waals surface area contributed by atoms with Gasteiger partial charge in [0.25, 0.3) is 5.91 Å². The first kappa shape index (κ1) is 15.8. The Morgan fingerprint density at radius 3 is 1.90 bits per heavy atom. The molecule has 1 aromatic carbocycles. The molecule has 0 aliphatic heterocycles. The monoisotopic (exact) mass is 280 g/mol. The summed E-state index contributed by atoms with van der Waals surface area (Å²) in [5.74, 6) is 1.54. The Labute approximate surface area is 119 Å². The van der Waals surface area contributed by atoms with Crippen LogP contribution < -0.4 is 14.2 Å². The molecule has 0 aliphatic carbocycles. The second kappa shape index (κ2) is 6.79. The van der Waals surface area contributed by atoms with Gasteiger partial charge < -0.3 is 19.1 Å². The van der Waals surface area contributed by atoms with Crippen molar-refractivity contribution in [3.05, 3.63) is 17.7 Å². The van der Waals surface area contributed by atoms with Crippen molar-refractivity contribution >= 4 is 11.7 Å². The molecule has 6 nitrogen and oxygen atoms in total. The predicted molar refractivity (Wildman–Crippen MR) is 77.2 cm³/mol. The first-order valence-corrected chi connectivity index (χ1v) is 6.01. The van der Waals surface area contributed by atoms with Crippen LogP contribution in [0.1, 0.15) is 17.3 Å². The van der Waals surface area contributed by atoms with Crippen molar-refractivity contribution in [3.8, 4) is 17.2 Å². The quantitative estimate of drug-likeness (QED) is 0.622. The van der Waals surface area contributed by atoms with E-state index in [9.17, 15) is 4.79 Å². The minimum atomic E-state index is -0.365. The molecule has 0 aliphatic rings. The highest BCUT2D eigenvalue weighted by molar-refractivity contribution is 6.03. The molecule has 20 heavy (non-hydrogen) atoms. The van der Waals surface area contributed by atoms with Crippen LogP contribution in [0.2, 0.25) is 0 Å². The third kappa shape index (κ3) is 3.40. The minimum absolute atomic E-state index is 0.365. The fraction of sp³-hybridized carbons (Fsp3) is 0.429. The van der Waals surface area contributed by atoms with Crippen molar-refractivity contribution < 1.29 is 19.0 Å². The highest BCUT2D eigenvalue weighted by Crippen LogP contribution is 2.38. The van der Waals surface area contributed by atoms with Crippen LogP contribution in [-0.2, 0) is 0 Å². The molecule has 0 saturated carbocycles. The van der Waals surface area contributed by atoms with Crippen LogP contribution in [0.4, 0.5) is 0 Å². The van der Waals surface area contributed by atoms with Crippen molar-refractivity contribution in [1.82, 2.24) is 4.90 Å². The lowest BCUT2D eigenvalue weighted by molar-refractivity contribution is 0.100. The van der Waals surface area contributed by atoms with Crippen LogP contribution in [0, 0.1) is 0 Å². The van der Waals surface area contributed by atoms with E-state index in [1.807, 2.05) is 14.1 Å². The molecule has 0 unspecified atom stereocenters. The largest absolute Gasteiger partial charge is 0.493 e. The van der Waals surface area contributed by atoms with Gasteiger partial charge in [-0.15, -0.1) is 0 Å². The van der Waals surface area contributed by atoms with Gasteiger partial charge in [0.2, 0.25) is 5.75 Å². The van der Waals surface area contributed by atoms with E-state index in [1.165, 1.54) is 21.3 Å². The van der Waals surface area contributed by atoms with Crippen LogP contribution in [-0.4, -0.2) is 52.1 Å². The number of amides is 1. The smallest absolute Gasteiger partial charge is 0.278 e. The number of rotatable bonds is 4. The molecule has 0 aromatic heterocycles. The third-order valence-corrected chi connectivity index (χ3v) is 2.82. The second-order valence-corrected chi connectivity index (χ2v) is 4.27. The number of hydrogen-bond acceptors (Lipinski definition) is 4. The van der Waals surface area contributed by atoms with Gasteiger partial charge >= 0.3 is 0 Å². The van der Waals surface area contributed by atoms with Gasteiger partial charge in [-0.25, -0.2) is 0 Å². The summed E-state index contributed by atoms with van der Waals surface area (Å²) in [7, 11) is 8.15. The predicted octanol–water partition coefficient (Wildman–Crippen LogP) is 1.83. The van der Waals surface area contributed by atoms with E-state index in [1.54, 1.807) is 24.0 Å². The van der Waals surface area contributed by atoms with Crippen LogP contribution in [0.15, 0.2) is 17.1 Å². The van der Waals surface area contributed by atoms with Crippen LogP contribution in [0.25, 0.3) is 0 Å². The number of hydrogen-bond donors (Lipinski definition) is 0. The van der Waals surface area contributed by atoms with E-state index in [2.05, 4.69) is 4.99 Å². The molecule has 0 atom stereocenters. The average Bonchev–Trinajstić information content (AvgIpc) is 2.45. The highest BCUT2D eigenvalue weighted by atomic mass is 16.5. The number of carbonyl (C=O) groups is 1. The summed E-state index contributed by atoms with van der Waals surface area (Å²) in [6.07, 6.45) is 0. The zero-order valence-corrected chi connectivity index (χ0v) is 12.7. The molecule has 110 valence electrons. The molecule has 1 rings (SSSR count). The van der Waals surface area contributed by atoms with Crippen molar-refractivity contribution in [2.75, 3.05) is 35.4 Å². The van der Waals surface area contributed by atoms with Gasteiger partial charge in [-0.3, -0.25) is 4.79 Å². The van der Waals surface area contributed by atoms with Gasteiger partial charge in [0, 0.05) is 19.7 Å². The summed E-state index contributed by atoms with van der Waals surface area (Å²) in [5, 5.41) is 0. The van der Waals surface area contributed by atoms with Gasteiger partial charge in [-0.2, -0.15) is 4.99 Å². The standard InChI is InChI=1S/C14H20N2O4/c1-9(16(2)3)15-14(17)10-7-11(18-4)13(20-6)12(8-10)19-5/h7-8H,1-6H3/b15-9+. The summed E-state index contributed by atoms with van der Waals surface area (Å²) in [4.78, 5) is 17.9. The molecule has 1 amide bonds. The maximum absolute atomic E-state index is 12.1. The molecular formula is C14H20N2O4. The summed E-state index contributed by atoms with van der Waals surface area (Å²) in [6, 6.07) is 3.16. The van der Waals surface area contributed by atoms with Gasteiger partial charge in [-0.1, -0.05) is 0 Å². The van der Waals surface area contributed by atoms with E-state index in [4.69, 9.17) is 14.2 Å². The zero-order chi connectivity index (χ0) is 15.3. The molecule has 0 bridgehead atoms. The number of aliphatic imine (C=N–C) groups is 1. The van der Waals surface area contributed by atoms with Gasteiger partial charge in [0.1, 0.15) is 5.84 Å².